The number of benzene rings is 3. The van der Waals surface area contributed by atoms with E-state index in [4.69, 9.17) is 14.5 Å². The number of hydrogen-bond donors (Lipinski definition) is 0. The summed E-state index contributed by atoms with van der Waals surface area (Å²) in [6.45, 7) is 8.23. The van der Waals surface area contributed by atoms with Crippen molar-refractivity contribution in [1.82, 2.24) is 9.55 Å². The van der Waals surface area contributed by atoms with E-state index >= 15 is 0 Å². The lowest BCUT2D eigenvalue weighted by Gasteiger charge is -2.13. The largest absolute Gasteiger partial charge is 0.492 e. The molecule has 0 radical (unpaired) electrons. The van der Waals surface area contributed by atoms with Crippen LogP contribution in [0.2, 0.25) is 0 Å². The SMILES string of the molecule is CCC(C)c1ccc(OCCn2c(COc3ccc(C)cc3)nc3ccccc32)cc1. The van der Waals surface area contributed by atoms with Crippen LogP contribution >= 0.6 is 0 Å². The topological polar surface area (TPSA) is 36.3 Å². The molecule has 1 heterocycles. The van der Waals surface area contributed by atoms with E-state index in [9.17, 15) is 0 Å². The van der Waals surface area contributed by atoms with Crippen molar-refractivity contribution in [2.45, 2.75) is 46.3 Å². The lowest BCUT2D eigenvalue weighted by molar-refractivity contribution is 0.272. The maximum Gasteiger partial charge on any atom is 0.148 e. The Labute approximate surface area is 184 Å². The monoisotopic (exact) mass is 414 g/mol. The maximum atomic E-state index is 6.04. The van der Waals surface area contributed by atoms with Crippen molar-refractivity contribution in [3.8, 4) is 11.5 Å². The molecule has 0 aliphatic rings. The molecule has 0 aliphatic carbocycles. The number of ether oxygens (including phenoxy) is 2. The number of para-hydroxylation sites is 2. The van der Waals surface area contributed by atoms with Crippen LogP contribution in [0.1, 0.15) is 43.1 Å². The molecular weight excluding hydrogens is 384 g/mol. The predicted octanol–water partition coefficient (Wildman–Crippen LogP) is 6.52. The van der Waals surface area contributed by atoms with Crippen LogP contribution in [0.15, 0.2) is 72.8 Å². The van der Waals surface area contributed by atoms with Gasteiger partial charge in [-0.05, 0) is 61.2 Å². The average molecular weight is 415 g/mol. The molecule has 160 valence electrons. The maximum absolute atomic E-state index is 6.04. The van der Waals surface area contributed by atoms with Gasteiger partial charge >= 0.3 is 0 Å². The molecule has 4 rings (SSSR count). The summed E-state index contributed by atoms with van der Waals surface area (Å²) in [5, 5.41) is 0. The predicted molar refractivity (Wildman–Crippen MR) is 126 cm³/mol. The van der Waals surface area contributed by atoms with Gasteiger partial charge in [-0.3, -0.25) is 0 Å². The highest BCUT2D eigenvalue weighted by atomic mass is 16.5. The molecule has 3 aromatic carbocycles. The second-order valence-corrected chi connectivity index (χ2v) is 8.00. The number of rotatable bonds is 9. The molecule has 1 unspecified atom stereocenters. The zero-order chi connectivity index (χ0) is 21.6. The summed E-state index contributed by atoms with van der Waals surface area (Å²) in [6, 6.07) is 24.7. The number of aryl methyl sites for hydroxylation is 1. The van der Waals surface area contributed by atoms with E-state index in [-0.39, 0.29) is 0 Å². The molecule has 31 heavy (non-hydrogen) atoms. The van der Waals surface area contributed by atoms with Crippen molar-refractivity contribution in [1.29, 1.82) is 0 Å². The van der Waals surface area contributed by atoms with Gasteiger partial charge in [0.05, 0.1) is 17.6 Å². The van der Waals surface area contributed by atoms with Crippen molar-refractivity contribution >= 4 is 11.0 Å². The van der Waals surface area contributed by atoms with Gasteiger partial charge in [0, 0.05) is 0 Å². The standard InChI is InChI=1S/C27H30N2O2/c1-4-21(3)22-11-15-23(16-12-22)30-18-17-29-26-8-6-5-7-25(26)28-27(29)19-31-24-13-9-20(2)10-14-24/h5-16,21H,4,17-19H2,1-3H3. The fourth-order valence-electron chi connectivity index (χ4n) is 3.65. The number of hydrogen-bond acceptors (Lipinski definition) is 3. The average Bonchev–Trinajstić information content (AvgIpc) is 3.16. The number of fused-ring (bicyclic) bond motifs is 1. The van der Waals surface area contributed by atoms with Crippen LogP contribution in [-0.2, 0) is 13.2 Å². The van der Waals surface area contributed by atoms with Crippen LogP contribution in [0, 0.1) is 6.92 Å². The third kappa shape index (κ3) is 5.08. The molecule has 0 bridgehead atoms. The minimum absolute atomic E-state index is 0.418. The molecule has 0 aliphatic heterocycles. The van der Waals surface area contributed by atoms with E-state index < -0.39 is 0 Å². The Hall–Kier alpha value is -3.27. The first-order valence-corrected chi connectivity index (χ1v) is 11.0. The first kappa shape index (κ1) is 21.0. The quantitative estimate of drug-likeness (QED) is 0.313. The van der Waals surface area contributed by atoms with E-state index in [0.29, 0.717) is 25.7 Å². The molecule has 0 saturated carbocycles. The van der Waals surface area contributed by atoms with E-state index in [1.54, 1.807) is 0 Å². The highest BCUT2D eigenvalue weighted by Crippen LogP contribution is 2.22. The van der Waals surface area contributed by atoms with Gasteiger partial charge in [-0.2, -0.15) is 0 Å². The van der Waals surface area contributed by atoms with Crippen LogP contribution < -0.4 is 9.47 Å². The van der Waals surface area contributed by atoms with E-state index in [1.165, 1.54) is 11.1 Å². The van der Waals surface area contributed by atoms with Gasteiger partial charge in [0.15, 0.2) is 0 Å². The zero-order valence-corrected chi connectivity index (χ0v) is 18.5. The molecule has 0 spiro atoms. The third-order valence-electron chi connectivity index (χ3n) is 5.77. The molecule has 0 fully saturated rings. The second kappa shape index (κ2) is 9.69. The summed E-state index contributed by atoms with van der Waals surface area (Å²) in [5.74, 6) is 3.22. The Morgan fingerprint density at radius 3 is 2.29 bits per heavy atom. The molecule has 1 atom stereocenters. The Balaban J connectivity index is 1.44. The summed E-state index contributed by atoms with van der Waals surface area (Å²) < 4.78 is 14.2. The Morgan fingerprint density at radius 2 is 1.55 bits per heavy atom. The summed E-state index contributed by atoms with van der Waals surface area (Å²) in [5.41, 5.74) is 4.64. The van der Waals surface area contributed by atoms with Gasteiger partial charge in [0.1, 0.15) is 30.5 Å². The van der Waals surface area contributed by atoms with Crippen molar-refractivity contribution in [2.75, 3.05) is 6.61 Å². The van der Waals surface area contributed by atoms with Crippen LogP contribution in [0.3, 0.4) is 0 Å². The molecule has 4 nitrogen and oxygen atoms in total. The summed E-state index contributed by atoms with van der Waals surface area (Å²) in [7, 11) is 0. The zero-order valence-electron chi connectivity index (χ0n) is 18.5. The summed E-state index contributed by atoms with van der Waals surface area (Å²) >= 11 is 0. The fraction of sp³-hybridized carbons (Fsp3) is 0.296. The molecule has 0 N–H and O–H groups in total. The van der Waals surface area contributed by atoms with Crippen LogP contribution in [0.5, 0.6) is 11.5 Å². The van der Waals surface area contributed by atoms with Gasteiger partial charge in [-0.1, -0.05) is 55.8 Å². The van der Waals surface area contributed by atoms with Crippen molar-refractivity contribution in [3.63, 3.8) is 0 Å². The first-order valence-electron chi connectivity index (χ1n) is 11.0. The highest BCUT2D eigenvalue weighted by molar-refractivity contribution is 5.75. The second-order valence-electron chi connectivity index (χ2n) is 8.00. The highest BCUT2D eigenvalue weighted by Gasteiger charge is 2.11. The number of nitrogens with zero attached hydrogens (tertiary/aromatic N) is 2. The lowest BCUT2D eigenvalue weighted by Crippen LogP contribution is -2.13. The fourth-order valence-corrected chi connectivity index (χ4v) is 3.65. The van der Waals surface area contributed by atoms with Crippen molar-refractivity contribution in [3.05, 3.63) is 89.7 Å². The van der Waals surface area contributed by atoms with E-state index in [1.807, 2.05) is 30.3 Å². The first-order chi connectivity index (χ1) is 15.1. The Morgan fingerprint density at radius 1 is 0.871 bits per heavy atom. The molecule has 1 aromatic heterocycles. The molecule has 0 saturated heterocycles. The Bertz CT molecular complexity index is 1110. The number of aromatic nitrogens is 2. The molecule has 4 heteroatoms. The van der Waals surface area contributed by atoms with Gasteiger partial charge in [0.25, 0.3) is 0 Å². The summed E-state index contributed by atoms with van der Waals surface area (Å²) in [6.07, 6.45) is 1.14. The third-order valence-corrected chi connectivity index (χ3v) is 5.77. The van der Waals surface area contributed by atoms with E-state index in [0.717, 1.165) is 34.8 Å². The molecular formula is C27H30N2O2. The smallest absolute Gasteiger partial charge is 0.148 e. The minimum Gasteiger partial charge on any atom is -0.492 e. The van der Waals surface area contributed by atoms with Crippen molar-refractivity contribution < 1.29 is 9.47 Å². The summed E-state index contributed by atoms with van der Waals surface area (Å²) in [4.78, 5) is 4.79. The molecule has 0 amide bonds. The minimum atomic E-state index is 0.418. The van der Waals surface area contributed by atoms with Crippen LogP contribution in [0.4, 0.5) is 0 Å². The van der Waals surface area contributed by atoms with Gasteiger partial charge in [-0.15, -0.1) is 0 Å². The lowest BCUT2D eigenvalue weighted by atomic mass is 9.99. The van der Waals surface area contributed by atoms with Crippen LogP contribution in [-0.4, -0.2) is 16.2 Å². The van der Waals surface area contributed by atoms with Crippen molar-refractivity contribution in [2.24, 2.45) is 0 Å². The number of imidazole rings is 1. The van der Waals surface area contributed by atoms with E-state index in [2.05, 4.69) is 67.8 Å². The van der Waals surface area contributed by atoms with Crippen LogP contribution in [0.25, 0.3) is 11.0 Å². The molecule has 4 aromatic rings. The normalized spacial score (nSPS) is 12.1. The Kier molecular flexibility index (Phi) is 6.56. The van der Waals surface area contributed by atoms with Gasteiger partial charge < -0.3 is 14.0 Å². The van der Waals surface area contributed by atoms with Gasteiger partial charge in [-0.25, -0.2) is 4.98 Å². The van der Waals surface area contributed by atoms with Gasteiger partial charge in [0.2, 0.25) is 0 Å².